The van der Waals surface area contributed by atoms with E-state index in [4.69, 9.17) is 5.84 Å². The van der Waals surface area contributed by atoms with Crippen LogP contribution in [0.1, 0.15) is 5.69 Å². The molecule has 0 aliphatic heterocycles. The molecule has 19 heavy (non-hydrogen) atoms. The topological polar surface area (TPSA) is 123 Å². The van der Waals surface area contributed by atoms with Crippen molar-refractivity contribution in [2.24, 2.45) is 5.84 Å². The third kappa shape index (κ3) is 3.22. The number of nitrogen functional groups attached to an aromatic ring is 1. The van der Waals surface area contributed by atoms with E-state index in [-0.39, 0.29) is 17.1 Å². The molecule has 0 spiro atoms. The van der Waals surface area contributed by atoms with Gasteiger partial charge in [-0.25, -0.2) is 23.1 Å². The molecule has 0 aliphatic carbocycles. The van der Waals surface area contributed by atoms with Crippen LogP contribution in [0.4, 0.5) is 5.69 Å². The maximum Gasteiger partial charge on any atom is 0.244 e. The summed E-state index contributed by atoms with van der Waals surface area (Å²) in [7, 11) is -3.72. The van der Waals surface area contributed by atoms with Gasteiger partial charge in [-0.15, -0.1) is 0 Å². The van der Waals surface area contributed by atoms with Gasteiger partial charge in [0.2, 0.25) is 10.0 Å². The second kappa shape index (κ2) is 5.69. The minimum Gasteiger partial charge on any atom is -0.323 e. The Morgan fingerprint density at radius 3 is 2.68 bits per heavy atom. The van der Waals surface area contributed by atoms with Crippen LogP contribution in [-0.4, -0.2) is 23.4 Å². The summed E-state index contributed by atoms with van der Waals surface area (Å²) in [6, 6.07) is 3.09. The van der Waals surface area contributed by atoms with Gasteiger partial charge in [0, 0.05) is 18.6 Å². The summed E-state index contributed by atoms with van der Waals surface area (Å²) in [6.07, 6.45) is 5.55. The van der Waals surface area contributed by atoms with Gasteiger partial charge in [-0.1, -0.05) is 0 Å². The van der Waals surface area contributed by atoms with Gasteiger partial charge >= 0.3 is 0 Å². The van der Waals surface area contributed by atoms with Gasteiger partial charge in [-0.3, -0.25) is 10.8 Å². The second-order valence-corrected chi connectivity index (χ2v) is 5.28. The van der Waals surface area contributed by atoms with Crippen LogP contribution < -0.4 is 16.0 Å². The summed E-state index contributed by atoms with van der Waals surface area (Å²) in [6.45, 7) is 0.0593. The molecule has 0 radical (unpaired) electrons. The maximum atomic E-state index is 12.1. The minimum atomic E-state index is -3.72. The monoisotopic (exact) mass is 280 g/mol. The van der Waals surface area contributed by atoms with Crippen molar-refractivity contribution in [1.29, 1.82) is 0 Å². The molecule has 2 heterocycles. The smallest absolute Gasteiger partial charge is 0.244 e. The van der Waals surface area contributed by atoms with Crippen molar-refractivity contribution in [3.8, 4) is 0 Å². The van der Waals surface area contributed by atoms with Crippen LogP contribution in [0.25, 0.3) is 0 Å². The van der Waals surface area contributed by atoms with Gasteiger partial charge in [0.1, 0.15) is 11.2 Å². The summed E-state index contributed by atoms with van der Waals surface area (Å²) in [5.74, 6) is 5.26. The quantitative estimate of drug-likeness (QED) is 0.504. The Morgan fingerprint density at radius 2 is 2.00 bits per heavy atom. The summed E-state index contributed by atoms with van der Waals surface area (Å²) in [5, 5.41) is 0. The molecule has 0 unspecified atom stereocenters. The third-order valence-electron chi connectivity index (χ3n) is 2.32. The molecule has 0 bridgehead atoms. The number of hydrogen-bond acceptors (Lipinski definition) is 7. The van der Waals surface area contributed by atoms with Gasteiger partial charge in [-0.05, 0) is 12.1 Å². The number of rotatable bonds is 5. The van der Waals surface area contributed by atoms with Crippen LogP contribution in [0, 0.1) is 0 Å². The Balaban J connectivity index is 2.19. The van der Waals surface area contributed by atoms with Crippen molar-refractivity contribution in [1.82, 2.24) is 19.7 Å². The molecule has 0 fully saturated rings. The lowest BCUT2D eigenvalue weighted by Gasteiger charge is -2.09. The van der Waals surface area contributed by atoms with Gasteiger partial charge < -0.3 is 5.43 Å². The van der Waals surface area contributed by atoms with Crippen molar-refractivity contribution in [3.63, 3.8) is 0 Å². The number of sulfonamides is 1. The number of nitrogens with zero attached hydrogens (tertiary/aromatic N) is 3. The van der Waals surface area contributed by atoms with Crippen LogP contribution in [0.3, 0.4) is 0 Å². The molecule has 2 rings (SSSR count). The molecule has 0 aromatic carbocycles. The van der Waals surface area contributed by atoms with E-state index >= 15 is 0 Å². The Bertz CT molecular complexity index is 646. The van der Waals surface area contributed by atoms with E-state index in [1.807, 2.05) is 0 Å². The first-order valence-electron chi connectivity index (χ1n) is 5.28. The molecule has 9 heteroatoms. The Morgan fingerprint density at radius 1 is 1.21 bits per heavy atom. The average molecular weight is 280 g/mol. The highest BCUT2D eigenvalue weighted by Crippen LogP contribution is 2.18. The molecule has 4 N–H and O–H groups in total. The normalized spacial score (nSPS) is 11.2. The summed E-state index contributed by atoms with van der Waals surface area (Å²) >= 11 is 0. The van der Waals surface area contributed by atoms with E-state index in [0.717, 1.165) is 0 Å². The molecular formula is C10H12N6O2S. The summed E-state index contributed by atoms with van der Waals surface area (Å²) in [5.41, 5.74) is 3.14. The number of hydrogen-bond donors (Lipinski definition) is 3. The van der Waals surface area contributed by atoms with Crippen LogP contribution in [0.5, 0.6) is 0 Å². The van der Waals surface area contributed by atoms with Gasteiger partial charge in [0.15, 0.2) is 0 Å². The molecular weight excluding hydrogens is 268 g/mol. The van der Waals surface area contributed by atoms with Gasteiger partial charge in [0.05, 0.1) is 17.9 Å². The van der Waals surface area contributed by atoms with E-state index in [9.17, 15) is 8.42 Å². The lowest BCUT2D eigenvalue weighted by molar-refractivity contribution is 0.580. The fourth-order valence-corrected chi connectivity index (χ4v) is 2.49. The van der Waals surface area contributed by atoms with Crippen LogP contribution in [0.2, 0.25) is 0 Å². The Kier molecular flexibility index (Phi) is 4.00. The Hall–Kier alpha value is -2.10. The van der Waals surface area contributed by atoms with E-state index < -0.39 is 10.0 Å². The molecule has 100 valence electrons. The van der Waals surface area contributed by atoms with Gasteiger partial charge in [0.25, 0.3) is 0 Å². The highest BCUT2D eigenvalue weighted by Gasteiger charge is 2.18. The number of pyridine rings is 1. The lowest BCUT2D eigenvalue weighted by Crippen LogP contribution is -2.25. The van der Waals surface area contributed by atoms with Crippen molar-refractivity contribution < 1.29 is 8.42 Å². The van der Waals surface area contributed by atoms with Crippen molar-refractivity contribution in [3.05, 3.63) is 42.7 Å². The largest absolute Gasteiger partial charge is 0.323 e. The zero-order valence-corrected chi connectivity index (χ0v) is 10.6. The number of aromatic nitrogens is 3. The van der Waals surface area contributed by atoms with E-state index in [1.54, 1.807) is 6.07 Å². The highest BCUT2D eigenvalue weighted by atomic mass is 32.2. The first-order valence-corrected chi connectivity index (χ1v) is 6.77. The van der Waals surface area contributed by atoms with Crippen LogP contribution in [0.15, 0.2) is 41.9 Å². The van der Waals surface area contributed by atoms with E-state index in [1.165, 1.54) is 31.0 Å². The molecule has 2 aromatic rings. The predicted molar refractivity (Wildman–Crippen MR) is 68.1 cm³/mol. The first kappa shape index (κ1) is 13.3. The first-order chi connectivity index (χ1) is 9.13. The number of hydrazine groups is 1. The van der Waals surface area contributed by atoms with Crippen molar-refractivity contribution in [2.45, 2.75) is 11.4 Å². The lowest BCUT2D eigenvalue weighted by atomic mass is 10.4. The zero-order valence-electron chi connectivity index (χ0n) is 9.81. The Labute approximate surface area is 110 Å². The van der Waals surface area contributed by atoms with Crippen LogP contribution in [-0.2, 0) is 16.6 Å². The minimum absolute atomic E-state index is 0.0217. The van der Waals surface area contributed by atoms with E-state index in [2.05, 4.69) is 25.1 Å². The van der Waals surface area contributed by atoms with E-state index in [0.29, 0.717) is 5.69 Å². The number of nitrogens with two attached hydrogens (primary N) is 1. The molecule has 0 atom stereocenters. The third-order valence-corrected chi connectivity index (χ3v) is 3.74. The molecule has 8 nitrogen and oxygen atoms in total. The second-order valence-electron chi connectivity index (χ2n) is 3.54. The van der Waals surface area contributed by atoms with Crippen molar-refractivity contribution >= 4 is 15.7 Å². The molecule has 0 saturated heterocycles. The molecule has 0 aliphatic rings. The van der Waals surface area contributed by atoms with Crippen LogP contribution >= 0.6 is 0 Å². The fraction of sp³-hybridized carbons (Fsp3) is 0.100. The number of anilines is 1. The summed E-state index contributed by atoms with van der Waals surface area (Å²) in [4.78, 5) is 11.4. The summed E-state index contributed by atoms with van der Waals surface area (Å²) < 4.78 is 26.6. The van der Waals surface area contributed by atoms with Crippen molar-refractivity contribution in [2.75, 3.05) is 5.43 Å². The highest BCUT2D eigenvalue weighted by molar-refractivity contribution is 7.89. The predicted octanol–water partition coefficient (Wildman–Crippen LogP) is -0.364. The standard InChI is InChI=1S/C10H12N6O2S/c11-16-9-2-4-12-6-10(9)19(17,18)15-5-8-1-3-13-7-14-8/h1-4,6-7,15H,5,11H2,(H,12,16). The molecule has 0 saturated carbocycles. The number of nitrogens with one attached hydrogen (secondary N) is 2. The fourth-order valence-electron chi connectivity index (χ4n) is 1.38. The van der Waals surface area contributed by atoms with Gasteiger partial charge in [-0.2, -0.15) is 0 Å². The maximum absolute atomic E-state index is 12.1. The SMILES string of the molecule is NNc1ccncc1S(=O)(=O)NCc1ccncn1. The average Bonchev–Trinajstić information content (AvgIpc) is 2.46. The molecule has 0 amide bonds. The molecule has 2 aromatic heterocycles. The zero-order chi connectivity index (χ0) is 13.7.